The standard InChI is InChI=1S/C13H19N3O/c14-9-12-13(10-3-5-15-6-4-10)16(7-8-17-12)11-1-2-11/h3-6,11-13H,1-2,7-9,14H2. The molecule has 0 spiro atoms. The van der Waals surface area contributed by atoms with Crippen LogP contribution < -0.4 is 5.73 Å². The first kappa shape index (κ1) is 11.1. The second kappa shape index (κ2) is 4.72. The van der Waals surface area contributed by atoms with Crippen LogP contribution in [0.5, 0.6) is 0 Å². The fraction of sp³-hybridized carbons (Fsp3) is 0.615. The summed E-state index contributed by atoms with van der Waals surface area (Å²) in [5.41, 5.74) is 7.13. The molecule has 1 aromatic heterocycles. The zero-order valence-electron chi connectivity index (χ0n) is 9.96. The minimum absolute atomic E-state index is 0.117. The van der Waals surface area contributed by atoms with Crippen LogP contribution in [0.25, 0.3) is 0 Å². The maximum atomic E-state index is 5.85. The maximum absolute atomic E-state index is 5.85. The van der Waals surface area contributed by atoms with E-state index in [0.29, 0.717) is 12.6 Å². The van der Waals surface area contributed by atoms with Gasteiger partial charge in [0.1, 0.15) is 0 Å². The van der Waals surface area contributed by atoms with Gasteiger partial charge in [-0.25, -0.2) is 0 Å². The minimum Gasteiger partial charge on any atom is -0.374 e. The summed E-state index contributed by atoms with van der Waals surface area (Å²) >= 11 is 0. The summed E-state index contributed by atoms with van der Waals surface area (Å²) in [6.07, 6.45) is 6.45. The predicted octanol–water partition coefficient (Wildman–Crippen LogP) is 0.945. The highest BCUT2D eigenvalue weighted by atomic mass is 16.5. The number of ether oxygens (including phenoxy) is 1. The van der Waals surface area contributed by atoms with Crippen molar-refractivity contribution in [3.05, 3.63) is 30.1 Å². The number of morpholine rings is 1. The van der Waals surface area contributed by atoms with Crippen LogP contribution in [0.4, 0.5) is 0 Å². The van der Waals surface area contributed by atoms with Crippen LogP contribution in [-0.4, -0.2) is 41.7 Å². The average Bonchev–Trinajstić information content (AvgIpc) is 3.23. The van der Waals surface area contributed by atoms with Crippen LogP contribution in [0.15, 0.2) is 24.5 Å². The summed E-state index contributed by atoms with van der Waals surface area (Å²) in [7, 11) is 0. The van der Waals surface area contributed by atoms with Crippen molar-refractivity contribution in [2.75, 3.05) is 19.7 Å². The molecule has 2 unspecified atom stereocenters. The van der Waals surface area contributed by atoms with Crippen LogP contribution in [0.2, 0.25) is 0 Å². The summed E-state index contributed by atoms with van der Waals surface area (Å²) in [6.45, 7) is 2.41. The lowest BCUT2D eigenvalue weighted by atomic mass is 9.99. The minimum atomic E-state index is 0.117. The Labute approximate surface area is 102 Å². The third-order valence-corrected chi connectivity index (χ3v) is 3.69. The summed E-state index contributed by atoms with van der Waals surface area (Å²) in [6, 6.07) is 5.21. The van der Waals surface area contributed by atoms with Crippen molar-refractivity contribution < 1.29 is 4.74 Å². The number of nitrogens with two attached hydrogens (primary N) is 1. The Morgan fingerprint density at radius 3 is 2.76 bits per heavy atom. The van der Waals surface area contributed by atoms with Gasteiger partial charge in [-0.05, 0) is 30.5 Å². The first-order valence-electron chi connectivity index (χ1n) is 6.37. The molecule has 1 aliphatic heterocycles. The molecule has 2 aliphatic rings. The molecule has 4 heteroatoms. The van der Waals surface area contributed by atoms with Crippen molar-refractivity contribution in [3.8, 4) is 0 Å². The Morgan fingerprint density at radius 1 is 1.35 bits per heavy atom. The van der Waals surface area contributed by atoms with Crippen molar-refractivity contribution >= 4 is 0 Å². The van der Waals surface area contributed by atoms with Gasteiger partial charge in [0.15, 0.2) is 0 Å². The lowest BCUT2D eigenvalue weighted by molar-refractivity contribution is -0.0712. The number of pyridine rings is 1. The van der Waals surface area contributed by atoms with Crippen molar-refractivity contribution in [1.29, 1.82) is 0 Å². The van der Waals surface area contributed by atoms with Crippen LogP contribution in [0.3, 0.4) is 0 Å². The highest BCUT2D eigenvalue weighted by Gasteiger charge is 2.40. The molecule has 2 heterocycles. The van der Waals surface area contributed by atoms with Crippen LogP contribution in [0, 0.1) is 0 Å². The molecule has 3 rings (SSSR count). The van der Waals surface area contributed by atoms with Gasteiger partial charge in [0, 0.05) is 31.5 Å². The largest absolute Gasteiger partial charge is 0.374 e. The molecule has 0 amide bonds. The second-order valence-corrected chi connectivity index (χ2v) is 4.84. The maximum Gasteiger partial charge on any atom is 0.0894 e. The molecule has 0 radical (unpaired) electrons. The molecule has 92 valence electrons. The van der Waals surface area contributed by atoms with E-state index >= 15 is 0 Å². The van der Waals surface area contributed by atoms with Gasteiger partial charge in [0.2, 0.25) is 0 Å². The summed E-state index contributed by atoms with van der Waals surface area (Å²) in [5, 5.41) is 0. The first-order chi connectivity index (χ1) is 8.40. The Balaban J connectivity index is 1.88. The summed E-state index contributed by atoms with van der Waals surface area (Å²) < 4.78 is 5.82. The van der Waals surface area contributed by atoms with E-state index in [9.17, 15) is 0 Å². The van der Waals surface area contributed by atoms with E-state index in [1.165, 1.54) is 18.4 Å². The normalized spacial score (nSPS) is 30.4. The van der Waals surface area contributed by atoms with Crippen LogP contribution in [0.1, 0.15) is 24.4 Å². The van der Waals surface area contributed by atoms with Crippen molar-refractivity contribution in [2.45, 2.75) is 31.0 Å². The van der Waals surface area contributed by atoms with Crippen LogP contribution >= 0.6 is 0 Å². The molecule has 1 aliphatic carbocycles. The quantitative estimate of drug-likeness (QED) is 0.844. The van der Waals surface area contributed by atoms with E-state index in [-0.39, 0.29) is 6.10 Å². The van der Waals surface area contributed by atoms with E-state index in [1.54, 1.807) is 0 Å². The van der Waals surface area contributed by atoms with E-state index in [0.717, 1.165) is 19.2 Å². The lowest BCUT2D eigenvalue weighted by Gasteiger charge is -2.41. The molecular weight excluding hydrogens is 214 g/mol. The van der Waals surface area contributed by atoms with Gasteiger partial charge in [-0.1, -0.05) is 0 Å². The molecular formula is C13H19N3O. The van der Waals surface area contributed by atoms with Crippen molar-refractivity contribution in [3.63, 3.8) is 0 Å². The van der Waals surface area contributed by atoms with Gasteiger partial charge < -0.3 is 10.5 Å². The van der Waals surface area contributed by atoms with Gasteiger partial charge >= 0.3 is 0 Å². The summed E-state index contributed by atoms with van der Waals surface area (Å²) in [4.78, 5) is 6.65. The Kier molecular flexibility index (Phi) is 3.09. The monoisotopic (exact) mass is 233 g/mol. The highest BCUT2D eigenvalue weighted by Crippen LogP contribution is 2.38. The predicted molar refractivity (Wildman–Crippen MR) is 65.5 cm³/mol. The molecule has 2 fully saturated rings. The SMILES string of the molecule is NCC1OCCN(C2CC2)C1c1ccncc1. The zero-order chi connectivity index (χ0) is 11.7. The number of rotatable bonds is 3. The van der Waals surface area contributed by atoms with E-state index < -0.39 is 0 Å². The Hall–Kier alpha value is -0.970. The third-order valence-electron chi connectivity index (χ3n) is 3.69. The van der Waals surface area contributed by atoms with E-state index in [1.807, 2.05) is 12.4 Å². The van der Waals surface area contributed by atoms with Crippen LogP contribution in [-0.2, 0) is 4.74 Å². The van der Waals surface area contributed by atoms with Gasteiger partial charge in [0.25, 0.3) is 0 Å². The van der Waals surface area contributed by atoms with Gasteiger partial charge in [0.05, 0.1) is 18.8 Å². The van der Waals surface area contributed by atoms with Crippen molar-refractivity contribution in [1.82, 2.24) is 9.88 Å². The highest BCUT2D eigenvalue weighted by molar-refractivity contribution is 5.19. The Bertz CT molecular complexity index is 366. The zero-order valence-corrected chi connectivity index (χ0v) is 9.96. The number of nitrogens with zero attached hydrogens (tertiary/aromatic N) is 2. The molecule has 2 N–H and O–H groups in total. The van der Waals surface area contributed by atoms with Gasteiger partial charge in [-0.15, -0.1) is 0 Å². The van der Waals surface area contributed by atoms with Gasteiger partial charge in [-0.3, -0.25) is 9.88 Å². The number of hydrogen-bond acceptors (Lipinski definition) is 4. The molecule has 1 saturated carbocycles. The first-order valence-corrected chi connectivity index (χ1v) is 6.37. The molecule has 17 heavy (non-hydrogen) atoms. The smallest absolute Gasteiger partial charge is 0.0894 e. The Morgan fingerprint density at radius 2 is 2.12 bits per heavy atom. The molecule has 0 bridgehead atoms. The van der Waals surface area contributed by atoms with E-state index in [2.05, 4.69) is 22.0 Å². The number of hydrogen-bond donors (Lipinski definition) is 1. The van der Waals surface area contributed by atoms with Gasteiger partial charge in [-0.2, -0.15) is 0 Å². The summed E-state index contributed by atoms with van der Waals surface area (Å²) in [5.74, 6) is 0. The fourth-order valence-corrected chi connectivity index (χ4v) is 2.73. The third kappa shape index (κ3) is 2.20. The van der Waals surface area contributed by atoms with E-state index in [4.69, 9.17) is 10.5 Å². The van der Waals surface area contributed by atoms with Crippen molar-refractivity contribution in [2.24, 2.45) is 5.73 Å². The molecule has 1 saturated heterocycles. The molecule has 4 nitrogen and oxygen atoms in total. The average molecular weight is 233 g/mol. The fourth-order valence-electron chi connectivity index (χ4n) is 2.73. The molecule has 0 aromatic carbocycles. The molecule has 2 atom stereocenters. The number of aromatic nitrogens is 1. The lowest BCUT2D eigenvalue weighted by Crippen LogP contribution is -2.49. The second-order valence-electron chi connectivity index (χ2n) is 4.84. The topological polar surface area (TPSA) is 51.4 Å². The molecule has 1 aromatic rings.